The molecular formula is C12H13NO7. The third-order valence-electron chi connectivity index (χ3n) is 2.40. The molecule has 0 saturated carbocycles. The van der Waals surface area contributed by atoms with E-state index in [0.29, 0.717) is 5.56 Å². The zero-order chi connectivity index (χ0) is 15.3. The number of hydrogen-bond donors (Lipinski definition) is 4. The first-order chi connectivity index (χ1) is 9.31. The Labute approximate surface area is 113 Å². The Bertz CT molecular complexity index is 497. The number of carbonyl (C=O) groups is 3. The molecule has 0 aliphatic rings. The number of rotatable bonds is 7. The molecule has 8 heteroatoms. The Hall–Kier alpha value is -2.61. The van der Waals surface area contributed by atoms with Crippen LogP contribution in [0.15, 0.2) is 24.3 Å². The van der Waals surface area contributed by atoms with Gasteiger partial charge in [0.2, 0.25) is 0 Å². The summed E-state index contributed by atoms with van der Waals surface area (Å²) in [5.74, 6) is -4.32. The fourth-order valence-electron chi connectivity index (χ4n) is 1.39. The first-order valence-corrected chi connectivity index (χ1v) is 5.51. The summed E-state index contributed by atoms with van der Waals surface area (Å²) in [6.07, 6.45) is -1.90. The highest BCUT2D eigenvalue weighted by atomic mass is 16.5. The van der Waals surface area contributed by atoms with Gasteiger partial charge in [-0.15, -0.1) is 0 Å². The van der Waals surface area contributed by atoms with E-state index in [1.54, 1.807) is 0 Å². The SMILES string of the molecule is NC(Cc1ccc(OC(C(=O)O)C(=O)O)cc1)C(=O)O. The molecule has 0 amide bonds. The zero-order valence-electron chi connectivity index (χ0n) is 10.2. The van der Waals surface area contributed by atoms with Gasteiger partial charge in [-0.3, -0.25) is 4.79 Å². The molecule has 1 atom stereocenters. The third-order valence-corrected chi connectivity index (χ3v) is 2.40. The van der Waals surface area contributed by atoms with Crippen molar-refractivity contribution in [3.8, 4) is 5.75 Å². The molecule has 0 heterocycles. The molecule has 0 bridgehead atoms. The second-order valence-corrected chi connectivity index (χ2v) is 3.97. The average molecular weight is 283 g/mol. The maximum atomic E-state index is 10.6. The number of carboxylic acids is 3. The predicted molar refractivity (Wildman–Crippen MR) is 65.4 cm³/mol. The summed E-state index contributed by atoms with van der Waals surface area (Å²) in [6.45, 7) is 0. The minimum Gasteiger partial charge on any atom is -0.480 e. The van der Waals surface area contributed by atoms with Crippen LogP contribution in [0.3, 0.4) is 0 Å². The number of nitrogens with two attached hydrogens (primary N) is 1. The number of benzene rings is 1. The molecular weight excluding hydrogens is 270 g/mol. The van der Waals surface area contributed by atoms with E-state index in [9.17, 15) is 14.4 Å². The summed E-state index contributed by atoms with van der Waals surface area (Å²) >= 11 is 0. The second kappa shape index (κ2) is 6.53. The van der Waals surface area contributed by atoms with Gasteiger partial charge in [0.05, 0.1) is 0 Å². The third kappa shape index (κ3) is 4.25. The lowest BCUT2D eigenvalue weighted by Gasteiger charge is -2.12. The summed E-state index contributed by atoms with van der Waals surface area (Å²) in [5.41, 5.74) is 5.97. The maximum absolute atomic E-state index is 10.6. The van der Waals surface area contributed by atoms with Gasteiger partial charge < -0.3 is 25.8 Å². The van der Waals surface area contributed by atoms with Crippen LogP contribution in [0.4, 0.5) is 0 Å². The van der Waals surface area contributed by atoms with Gasteiger partial charge in [-0.1, -0.05) is 12.1 Å². The first kappa shape index (κ1) is 15.4. The van der Waals surface area contributed by atoms with Crippen LogP contribution in [0.1, 0.15) is 5.56 Å². The molecule has 1 rings (SSSR count). The van der Waals surface area contributed by atoms with Crippen molar-refractivity contribution in [3.63, 3.8) is 0 Å². The van der Waals surface area contributed by atoms with E-state index in [1.807, 2.05) is 0 Å². The molecule has 0 saturated heterocycles. The summed E-state index contributed by atoms with van der Waals surface area (Å²) < 4.78 is 4.80. The quantitative estimate of drug-likeness (QED) is 0.492. The predicted octanol–water partition coefficient (Wildman–Crippen LogP) is -0.442. The molecule has 108 valence electrons. The highest BCUT2D eigenvalue weighted by Gasteiger charge is 2.27. The van der Waals surface area contributed by atoms with Crippen LogP contribution in [0, 0.1) is 0 Å². The van der Waals surface area contributed by atoms with Crippen molar-refractivity contribution in [2.24, 2.45) is 5.73 Å². The Morgan fingerprint density at radius 2 is 1.50 bits per heavy atom. The van der Waals surface area contributed by atoms with E-state index in [4.69, 9.17) is 25.8 Å². The smallest absolute Gasteiger partial charge is 0.356 e. The van der Waals surface area contributed by atoms with Gasteiger partial charge in [-0.05, 0) is 24.1 Å². The van der Waals surface area contributed by atoms with Crippen LogP contribution in [-0.2, 0) is 20.8 Å². The van der Waals surface area contributed by atoms with Crippen molar-refractivity contribution in [3.05, 3.63) is 29.8 Å². The largest absolute Gasteiger partial charge is 0.480 e. The van der Waals surface area contributed by atoms with Gasteiger partial charge in [-0.25, -0.2) is 9.59 Å². The zero-order valence-corrected chi connectivity index (χ0v) is 10.2. The van der Waals surface area contributed by atoms with Crippen molar-refractivity contribution in [2.75, 3.05) is 0 Å². The molecule has 0 aromatic heterocycles. The molecule has 0 aliphatic carbocycles. The number of hydrogen-bond acceptors (Lipinski definition) is 5. The van der Waals surface area contributed by atoms with E-state index < -0.39 is 30.1 Å². The van der Waals surface area contributed by atoms with E-state index in [0.717, 1.165) is 0 Å². The highest BCUT2D eigenvalue weighted by molar-refractivity contribution is 5.96. The monoisotopic (exact) mass is 283 g/mol. The second-order valence-electron chi connectivity index (χ2n) is 3.97. The molecule has 1 aromatic carbocycles. The molecule has 5 N–H and O–H groups in total. The van der Waals surface area contributed by atoms with Gasteiger partial charge in [0.1, 0.15) is 11.8 Å². The fraction of sp³-hybridized carbons (Fsp3) is 0.250. The van der Waals surface area contributed by atoms with Crippen molar-refractivity contribution >= 4 is 17.9 Å². The van der Waals surface area contributed by atoms with Crippen molar-refractivity contribution in [1.29, 1.82) is 0 Å². The Kier molecular flexibility index (Phi) is 5.04. The standard InChI is InChI=1S/C12H13NO7/c13-8(10(14)15)5-6-1-3-7(4-2-6)20-9(11(16)17)12(18)19/h1-4,8-9H,5,13H2,(H,14,15)(H,16,17)(H,18,19). The van der Waals surface area contributed by atoms with E-state index in [-0.39, 0.29) is 12.2 Å². The minimum atomic E-state index is -2.00. The van der Waals surface area contributed by atoms with Crippen LogP contribution >= 0.6 is 0 Å². The number of ether oxygens (including phenoxy) is 1. The summed E-state index contributed by atoms with van der Waals surface area (Å²) in [5, 5.41) is 26.0. The Balaban J connectivity index is 2.73. The minimum absolute atomic E-state index is 0.0486. The highest BCUT2D eigenvalue weighted by Crippen LogP contribution is 2.15. The lowest BCUT2D eigenvalue weighted by molar-refractivity contribution is -0.159. The van der Waals surface area contributed by atoms with Crippen molar-refractivity contribution in [1.82, 2.24) is 0 Å². The lowest BCUT2D eigenvalue weighted by atomic mass is 10.1. The molecule has 1 aromatic rings. The Morgan fingerprint density at radius 3 is 1.90 bits per heavy atom. The van der Waals surface area contributed by atoms with E-state index in [1.165, 1.54) is 24.3 Å². The van der Waals surface area contributed by atoms with Crippen molar-refractivity contribution < 1.29 is 34.4 Å². The van der Waals surface area contributed by atoms with Crippen LogP contribution < -0.4 is 10.5 Å². The van der Waals surface area contributed by atoms with Crippen LogP contribution in [0.2, 0.25) is 0 Å². The average Bonchev–Trinajstić information content (AvgIpc) is 2.36. The van der Waals surface area contributed by atoms with Gasteiger partial charge in [0.15, 0.2) is 0 Å². The summed E-state index contributed by atoms with van der Waals surface area (Å²) in [6, 6.07) is 4.62. The van der Waals surface area contributed by atoms with Gasteiger partial charge in [0, 0.05) is 0 Å². The molecule has 20 heavy (non-hydrogen) atoms. The Morgan fingerprint density at radius 1 is 1.00 bits per heavy atom. The molecule has 0 radical (unpaired) electrons. The topological polar surface area (TPSA) is 147 Å². The summed E-state index contributed by atoms with van der Waals surface area (Å²) in [4.78, 5) is 31.9. The first-order valence-electron chi connectivity index (χ1n) is 5.51. The molecule has 8 nitrogen and oxygen atoms in total. The van der Waals surface area contributed by atoms with Gasteiger partial charge in [0.25, 0.3) is 6.10 Å². The normalized spacial score (nSPS) is 11.9. The molecule has 0 spiro atoms. The van der Waals surface area contributed by atoms with E-state index >= 15 is 0 Å². The maximum Gasteiger partial charge on any atom is 0.356 e. The van der Waals surface area contributed by atoms with Crippen LogP contribution in [-0.4, -0.2) is 45.4 Å². The molecule has 1 unspecified atom stereocenters. The van der Waals surface area contributed by atoms with Crippen LogP contribution in [0.25, 0.3) is 0 Å². The van der Waals surface area contributed by atoms with Crippen LogP contribution in [0.5, 0.6) is 5.75 Å². The number of carboxylic acid groups (broad SMARTS) is 3. The fourth-order valence-corrected chi connectivity index (χ4v) is 1.39. The van der Waals surface area contributed by atoms with Gasteiger partial charge >= 0.3 is 17.9 Å². The van der Waals surface area contributed by atoms with Gasteiger partial charge in [-0.2, -0.15) is 0 Å². The lowest BCUT2D eigenvalue weighted by Crippen LogP contribution is -2.35. The van der Waals surface area contributed by atoms with E-state index in [2.05, 4.69) is 0 Å². The molecule has 0 fully saturated rings. The summed E-state index contributed by atoms with van der Waals surface area (Å²) in [7, 11) is 0. The number of aliphatic carboxylic acids is 3. The molecule has 0 aliphatic heterocycles. The van der Waals surface area contributed by atoms with Crippen molar-refractivity contribution in [2.45, 2.75) is 18.6 Å².